The van der Waals surface area contributed by atoms with E-state index in [1.807, 2.05) is 30.3 Å². The summed E-state index contributed by atoms with van der Waals surface area (Å²) >= 11 is 0. The fourth-order valence-corrected chi connectivity index (χ4v) is 2.72. The SMILES string of the molecule is O=C(COc1ccccc1)NC1(c2nn[nH]n2)CCCC1. The number of tetrazole rings is 1. The molecule has 1 aromatic heterocycles. The van der Waals surface area contributed by atoms with Crippen LogP contribution in [0.25, 0.3) is 0 Å². The van der Waals surface area contributed by atoms with Crippen molar-refractivity contribution >= 4 is 5.91 Å². The monoisotopic (exact) mass is 287 g/mol. The average Bonchev–Trinajstić information content (AvgIpc) is 3.18. The van der Waals surface area contributed by atoms with Crippen molar-refractivity contribution in [3.63, 3.8) is 0 Å². The van der Waals surface area contributed by atoms with Crippen molar-refractivity contribution < 1.29 is 9.53 Å². The molecule has 0 saturated heterocycles. The van der Waals surface area contributed by atoms with Gasteiger partial charge in [-0.3, -0.25) is 4.79 Å². The smallest absolute Gasteiger partial charge is 0.258 e. The lowest BCUT2D eigenvalue weighted by Crippen LogP contribution is -2.46. The average molecular weight is 287 g/mol. The van der Waals surface area contributed by atoms with Gasteiger partial charge in [0.2, 0.25) is 0 Å². The molecule has 1 aliphatic carbocycles. The Kier molecular flexibility index (Phi) is 3.81. The number of nitrogens with zero attached hydrogens (tertiary/aromatic N) is 3. The van der Waals surface area contributed by atoms with E-state index in [0.717, 1.165) is 25.7 Å². The molecule has 0 atom stereocenters. The molecule has 1 heterocycles. The molecule has 2 aromatic rings. The lowest BCUT2D eigenvalue weighted by molar-refractivity contribution is -0.125. The molecule has 0 radical (unpaired) electrons. The zero-order chi connectivity index (χ0) is 14.5. The Balaban J connectivity index is 1.62. The van der Waals surface area contributed by atoms with Crippen LogP contribution in [0.5, 0.6) is 5.75 Å². The molecule has 0 aliphatic heterocycles. The van der Waals surface area contributed by atoms with Gasteiger partial charge in [0.1, 0.15) is 11.3 Å². The van der Waals surface area contributed by atoms with E-state index in [0.29, 0.717) is 11.6 Å². The highest BCUT2D eigenvalue weighted by Gasteiger charge is 2.40. The second-order valence-electron chi connectivity index (χ2n) is 5.17. The van der Waals surface area contributed by atoms with Crippen molar-refractivity contribution in [2.24, 2.45) is 0 Å². The fraction of sp³-hybridized carbons (Fsp3) is 0.429. The van der Waals surface area contributed by atoms with Gasteiger partial charge in [0.05, 0.1) is 0 Å². The second kappa shape index (κ2) is 5.90. The molecule has 7 heteroatoms. The van der Waals surface area contributed by atoms with Crippen LogP contribution >= 0.6 is 0 Å². The summed E-state index contributed by atoms with van der Waals surface area (Å²) in [6.45, 7) is -0.0242. The largest absolute Gasteiger partial charge is 0.484 e. The van der Waals surface area contributed by atoms with Crippen LogP contribution in [0.2, 0.25) is 0 Å². The minimum atomic E-state index is -0.510. The van der Waals surface area contributed by atoms with Gasteiger partial charge in [-0.25, -0.2) is 0 Å². The molecule has 2 N–H and O–H groups in total. The van der Waals surface area contributed by atoms with Gasteiger partial charge in [-0.1, -0.05) is 36.3 Å². The van der Waals surface area contributed by atoms with Crippen molar-refractivity contribution in [2.45, 2.75) is 31.2 Å². The number of H-pyrrole nitrogens is 1. The minimum absolute atomic E-state index is 0.0242. The number of benzene rings is 1. The highest BCUT2D eigenvalue weighted by atomic mass is 16.5. The van der Waals surface area contributed by atoms with Crippen molar-refractivity contribution in [1.82, 2.24) is 25.9 Å². The number of para-hydroxylation sites is 1. The maximum absolute atomic E-state index is 12.2. The lowest BCUT2D eigenvalue weighted by Gasteiger charge is -2.26. The number of nitrogens with one attached hydrogen (secondary N) is 2. The van der Waals surface area contributed by atoms with Crippen LogP contribution in [0.4, 0.5) is 0 Å². The predicted molar refractivity (Wildman–Crippen MR) is 74.4 cm³/mol. The Labute approximate surface area is 122 Å². The van der Waals surface area contributed by atoms with E-state index in [9.17, 15) is 4.79 Å². The van der Waals surface area contributed by atoms with E-state index in [-0.39, 0.29) is 12.5 Å². The molecule has 21 heavy (non-hydrogen) atoms. The molecule has 0 bridgehead atoms. The summed E-state index contributed by atoms with van der Waals surface area (Å²) in [6, 6.07) is 9.27. The van der Waals surface area contributed by atoms with Gasteiger partial charge in [0.25, 0.3) is 5.91 Å². The van der Waals surface area contributed by atoms with Gasteiger partial charge in [0, 0.05) is 0 Å². The zero-order valence-electron chi connectivity index (χ0n) is 11.6. The molecule has 1 saturated carbocycles. The number of ether oxygens (including phenoxy) is 1. The Morgan fingerprint density at radius 2 is 2.05 bits per heavy atom. The van der Waals surface area contributed by atoms with Crippen LogP contribution in [-0.2, 0) is 10.3 Å². The molecule has 1 amide bonds. The van der Waals surface area contributed by atoms with Crippen LogP contribution < -0.4 is 10.1 Å². The first-order valence-corrected chi connectivity index (χ1v) is 7.01. The minimum Gasteiger partial charge on any atom is -0.484 e. The summed E-state index contributed by atoms with van der Waals surface area (Å²) in [5.74, 6) is 1.05. The summed E-state index contributed by atoms with van der Waals surface area (Å²) in [4.78, 5) is 12.2. The normalized spacial score (nSPS) is 16.6. The van der Waals surface area contributed by atoms with E-state index >= 15 is 0 Å². The topological polar surface area (TPSA) is 92.8 Å². The molecular formula is C14H17N5O2. The summed E-state index contributed by atoms with van der Waals surface area (Å²) in [5, 5.41) is 17.1. The van der Waals surface area contributed by atoms with Crippen molar-refractivity contribution in [1.29, 1.82) is 0 Å². The Morgan fingerprint density at radius 3 is 2.71 bits per heavy atom. The molecule has 110 valence electrons. The lowest BCUT2D eigenvalue weighted by atomic mass is 9.96. The van der Waals surface area contributed by atoms with E-state index < -0.39 is 5.54 Å². The first-order chi connectivity index (χ1) is 10.3. The Hall–Kier alpha value is -2.44. The standard InChI is InChI=1S/C14H17N5O2/c20-12(10-21-11-6-2-1-3-7-11)15-14(8-4-5-9-14)13-16-18-19-17-13/h1-3,6-7H,4-5,8-10H2,(H,15,20)(H,16,17,18,19). The van der Waals surface area contributed by atoms with Gasteiger partial charge in [-0.05, 0) is 25.0 Å². The number of hydrogen-bond acceptors (Lipinski definition) is 5. The van der Waals surface area contributed by atoms with Crippen LogP contribution in [0.15, 0.2) is 30.3 Å². The number of carbonyl (C=O) groups excluding carboxylic acids is 1. The molecule has 3 rings (SSSR count). The maximum atomic E-state index is 12.2. The van der Waals surface area contributed by atoms with Gasteiger partial charge >= 0.3 is 0 Å². The molecule has 1 aromatic carbocycles. The highest BCUT2D eigenvalue weighted by molar-refractivity contribution is 5.78. The number of carbonyl (C=O) groups is 1. The van der Waals surface area contributed by atoms with Crippen molar-refractivity contribution in [2.75, 3.05) is 6.61 Å². The van der Waals surface area contributed by atoms with Gasteiger partial charge < -0.3 is 10.1 Å². The van der Waals surface area contributed by atoms with Gasteiger partial charge in [-0.15, -0.1) is 10.2 Å². The van der Waals surface area contributed by atoms with Gasteiger partial charge in [0.15, 0.2) is 12.4 Å². The van der Waals surface area contributed by atoms with E-state index in [4.69, 9.17) is 4.74 Å². The van der Waals surface area contributed by atoms with E-state index in [1.165, 1.54) is 0 Å². The van der Waals surface area contributed by atoms with Crippen molar-refractivity contribution in [3.8, 4) is 5.75 Å². The number of aromatic nitrogens is 4. The molecule has 0 unspecified atom stereocenters. The zero-order valence-corrected chi connectivity index (χ0v) is 11.6. The van der Waals surface area contributed by atoms with Crippen LogP contribution in [0.1, 0.15) is 31.5 Å². The summed E-state index contributed by atoms with van der Waals surface area (Å²) < 4.78 is 5.46. The highest BCUT2D eigenvalue weighted by Crippen LogP contribution is 2.36. The van der Waals surface area contributed by atoms with Gasteiger partial charge in [-0.2, -0.15) is 5.21 Å². The summed E-state index contributed by atoms with van der Waals surface area (Å²) in [7, 11) is 0. The van der Waals surface area contributed by atoms with Crippen LogP contribution in [-0.4, -0.2) is 33.1 Å². The quantitative estimate of drug-likeness (QED) is 0.861. The van der Waals surface area contributed by atoms with Crippen LogP contribution in [0, 0.1) is 0 Å². The summed E-state index contributed by atoms with van der Waals surface area (Å²) in [5.41, 5.74) is -0.510. The second-order valence-corrected chi connectivity index (χ2v) is 5.17. The summed E-state index contributed by atoms with van der Waals surface area (Å²) in [6.07, 6.45) is 3.72. The molecule has 0 spiro atoms. The first kappa shape index (κ1) is 13.5. The van der Waals surface area contributed by atoms with E-state index in [1.54, 1.807) is 0 Å². The first-order valence-electron chi connectivity index (χ1n) is 7.01. The third-order valence-electron chi connectivity index (χ3n) is 3.72. The fourth-order valence-electron chi connectivity index (χ4n) is 2.72. The predicted octanol–water partition coefficient (Wildman–Crippen LogP) is 1.16. The molecule has 1 aliphatic rings. The number of rotatable bonds is 5. The molecule has 7 nitrogen and oxygen atoms in total. The number of aromatic amines is 1. The Bertz CT molecular complexity index is 579. The third kappa shape index (κ3) is 3.01. The Morgan fingerprint density at radius 1 is 1.29 bits per heavy atom. The molecule has 1 fully saturated rings. The maximum Gasteiger partial charge on any atom is 0.258 e. The number of hydrogen-bond donors (Lipinski definition) is 2. The number of amides is 1. The van der Waals surface area contributed by atoms with Crippen LogP contribution in [0.3, 0.4) is 0 Å². The molecular weight excluding hydrogens is 270 g/mol. The van der Waals surface area contributed by atoms with E-state index in [2.05, 4.69) is 25.9 Å². The van der Waals surface area contributed by atoms with Crippen molar-refractivity contribution in [3.05, 3.63) is 36.2 Å². The third-order valence-corrected chi connectivity index (χ3v) is 3.72.